The fourth-order valence-corrected chi connectivity index (χ4v) is 2.49. The molecule has 4 atom stereocenters. The molecule has 2 N–H and O–H groups in total. The number of fused-ring (bicyclic) bond motifs is 1. The number of methoxy groups -OCH3 is 1. The van der Waals surface area contributed by atoms with E-state index in [-0.39, 0.29) is 12.2 Å². The molecule has 0 saturated heterocycles. The molecule has 1 aliphatic carbocycles. The van der Waals surface area contributed by atoms with Crippen molar-refractivity contribution >= 4 is 0 Å². The first-order valence-corrected chi connectivity index (χ1v) is 7.46. The summed E-state index contributed by atoms with van der Waals surface area (Å²) in [7, 11) is 1.63. The Hall–Kier alpha value is -1.40. The van der Waals surface area contributed by atoms with E-state index in [1.807, 2.05) is 18.2 Å². The van der Waals surface area contributed by atoms with Crippen molar-refractivity contribution in [3.8, 4) is 0 Å². The van der Waals surface area contributed by atoms with E-state index < -0.39 is 12.6 Å². The van der Waals surface area contributed by atoms with E-state index in [0.29, 0.717) is 30.6 Å². The molecule has 0 aromatic carbocycles. The maximum atomic E-state index is 10.2. The van der Waals surface area contributed by atoms with Crippen LogP contribution in [0.2, 0.25) is 0 Å². The highest BCUT2D eigenvalue weighted by atomic mass is 16.6. The SMILES string of the molecule is C=C1CC(OC)/C=C\CC2=CCC(OC(C)O)C=C2OC1O. The molecule has 22 heavy (non-hydrogen) atoms. The third-order valence-electron chi connectivity index (χ3n) is 3.66. The number of aliphatic hydroxyl groups is 2. The van der Waals surface area contributed by atoms with Gasteiger partial charge in [-0.3, -0.25) is 0 Å². The Morgan fingerprint density at radius 1 is 1.41 bits per heavy atom. The molecule has 5 heteroatoms. The highest BCUT2D eigenvalue weighted by Crippen LogP contribution is 2.29. The van der Waals surface area contributed by atoms with Gasteiger partial charge in [-0.1, -0.05) is 24.8 Å². The largest absolute Gasteiger partial charge is 0.461 e. The predicted octanol–water partition coefficient (Wildman–Crippen LogP) is 2.18. The molecule has 0 aromatic rings. The van der Waals surface area contributed by atoms with Gasteiger partial charge in [0.2, 0.25) is 6.29 Å². The van der Waals surface area contributed by atoms with Gasteiger partial charge in [0, 0.05) is 13.5 Å². The van der Waals surface area contributed by atoms with Gasteiger partial charge in [0.05, 0.1) is 12.2 Å². The molecule has 0 aromatic heterocycles. The van der Waals surface area contributed by atoms with Crippen LogP contribution in [0.3, 0.4) is 0 Å². The summed E-state index contributed by atoms with van der Waals surface area (Å²) in [5, 5.41) is 19.5. The van der Waals surface area contributed by atoms with Gasteiger partial charge in [0.15, 0.2) is 6.29 Å². The smallest absolute Gasteiger partial charge is 0.220 e. The van der Waals surface area contributed by atoms with Crippen molar-refractivity contribution in [3.05, 3.63) is 47.8 Å². The van der Waals surface area contributed by atoms with Crippen molar-refractivity contribution < 1.29 is 24.4 Å². The van der Waals surface area contributed by atoms with Gasteiger partial charge in [-0.05, 0) is 37.0 Å². The second-order valence-electron chi connectivity index (χ2n) is 5.51. The maximum Gasteiger partial charge on any atom is 0.220 e. The summed E-state index contributed by atoms with van der Waals surface area (Å²) < 4.78 is 16.4. The molecule has 122 valence electrons. The molecular formula is C17H24O5. The van der Waals surface area contributed by atoms with Crippen LogP contribution < -0.4 is 0 Å². The highest BCUT2D eigenvalue weighted by molar-refractivity contribution is 5.33. The molecule has 0 radical (unpaired) electrons. The summed E-state index contributed by atoms with van der Waals surface area (Å²) in [4.78, 5) is 0. The molecule has 2 rings (SSSR count). The summed E-state index contributed by atoms with van der Waals surface area (Å²) in [6.07, 6.45) is 7.31. The summed E-state index contributed by atoms with van der Waals surface area (Å²) >= 11 is 0. The summed E-state index contributed by atoms with van der Waals surface area (Å²) in [5.74, 6) is 0.575. The molecule has 0 amide bonds. The number of hydrogen-bond donors (Lipinski definition) is 2. The van der Waals surface area contributed by atoms with Crippen LogP contribution in [0.25, 0.3) is 0 Å². The third kappa shape index (κ3) is 4.55. The van der Waals surface area contributed by atoms with Gasteiger partial charge >= 0.3 is 0 Å². The van der Waals surface area contributed by atoms with Gasteiger partial charge in [0.1, 0.15) is 5.76 Å². The van der Waals surface area contributed by atoms with Crippen molar-refractivity contribution in [2.45, 2.75) is 51.0 Å². The van der Waals surface area contributed by atoms with Crippen LogP contribution in [0.15, 0.2) is 47.8 Å². The van der Waals surface area contributed by atoms with Crippen LogP contribution in [0.1, 0.15) is 26.2 Å². The van der Waals surface area contributed by atoms with Gasteiger partial charge < -0.3 is 24.4 Å². The Morgan fingerprint density at radius 2 is 2.18 bits per heavy atom. The lowest BCUT2D eigenvalue weighted by Gasteiger charge is -2.27. The molecule has 2 aliphatic rings. The first kappa shape index (κ1) is 17.0. The van der Waals surface area contributed by atoms with Crippen LogP contribution in [0, 0.1) is 0 Å². The number of aliphatic hydroxyl groups excluding tert-OH is 2. The molecule has 5 nitrogen and oxygen atoms in total. The Bertz CT molecular complexity index is 489. The minimum atomic E-state index is -1.09. The molecule has 4 unspecified atom stereocenters. The maximum absolute atomic E-state index is 10.2. The number of allylic oxidation sites excluding steroid dienone is 2. The molecular weight excluding hydrogens is 284 g/mol. The van der Waals surface area contributed by atoms with E-state index in [1.54, 1.807) is 20.1 Å². The average Bonchev–Trinajstić information content (AvgIpc) is 2.46. The summed E-state index contributed by atoms with van der Waals surface area (Å²) in [5.41, 5.74) is 1.53. The topological polar surface area (TPSA) is 68.2 Å². The average molecular weight is 308 g/mol. The fourth-order valence-electron chi connectivity index (χ4n) is 2.49. The lowest BCUT2D eigenvalue weighted by Crippen LogP contribution is -2.24. The second-order valence-corrected chi connectivity index (χ2v) is 5.51. The van der Waals surface area contributed by atoms with Crippen molar-refractivity contribution in [3.63, 3.8) is 0 Å². The van der Waals surface area contributed by atoms with Gasteiger partial charge in [0.25, 0.3) is 0 Å². The van der Waals surface area contributed by atoms with Crippen LogP contribution in [0.4, 0.5) is 0 Å². The Morgan fingerprint density at radius 3 is 2.86 bits per heavy atom. The molecule has 0 bridgehead atoms. The minimum absolute atomic E-state index is 0.119. The first-order chi connectivity index (χ1) is 10.5. The van der Waals surface area contributed by atoms with Crippen molar-refractivity contribution in [2.75, 3.05) is 7.11 Å². The fraction of sp³-hybridized carbons (Fsp3) is 0.529. The van der Waals surface area contributed by atoms with E-state index in [4.69, 9.17) is 14.2 Å². The van der Waals surface area contributed by atoms with E-state index >= 15 is 0 Å². The summed E-state index contributed by atoms with van der Waals surface area (Å²) in [6.45, 7) is 5.43. The number of ether oxygens (including phenoxy) is 3. The van der Waals surface area contributed by atoms with E-state index in [9.17, 15) is 10.2 Å². The molecule has 0 spiro atoms. The molecule has 0 fully saturated rings. The van der Waals surface area contributed by atoms with E-state index in [1.165, 1.54) is 0 Å². The zero-order valence-electron chi connectivity index (χ0n) is 13.1. The predicted molar refractivity (Wildman–Crippen MR) is 82.7 cm³/mol. The van der Waals surface area contributed by atoms with Crippen molar-refractivity contribution in [2.24, 2.45) is 0 Å². The zero-order chi connectivity index (χ0) is 16.1. The number of rotatable bonds is 3. The third-order valence-corrected chi connectivity index (χ3v) is 3.66. The summed E-state index contributed by atoms with van der Waals surface area (Å²) in [6, 6.07) is 0. The molecule has 1 heterocycles. The van der Waals surface area contributed by atoms with Crippen LogP contribution in [-0.4, -0.2) is 42.1 Å². The first-order valence-electron chi connectivity index (χ1n) is 7.46. The molecule has 1 aliphatic heterocycles. The standard InChI is InChI=1S/C17H24O5/c1-11-9-14(20-3)6-4-5-13-7-8-15(21-12(2)18)10-16(13)22-17(11)19/h4,6-7,10,12,14-15,17-19H,1,5,8-9H2,2-3H3/b6-4-. The van der Waals surface area contributed by atoms with E-state index in [0.717, 1.165) is 5.57 Å². The Kier molecular flexibility index (Phi) is 5.97. The lowest BCUT2D eigenvalue weighted by molar-refractivity contribution is -0.110. The van der Waals surface area contributed by atoms with E-state index in [2.05, 4.69) is 6.58 Å². The van der Waals surface area contributed by atoms with Gasteiger partial charge in [-0.15, -0.1) is 0 Å². The van der Waals surface area contributed by atoms with Gasteiger partial charge in [-0.2, -0.15) is 0 Å². The van der Waals surface area contributed by atoms with Crippen molar-refractivity contribution in [1.29, 1.82) is 0 Å². The lowest BCUT2D eigenvalue weighted by atomic mass is 9.98. The normalized spacial score (nSPS) is 32.2. The molecule has 0 saturated carbocycles. The minimum Gasteiger partial charge on any atom is -0.461 e. The Labute approximate surface area is 131 Å². The highest BCUT2D eigenvalue weighted by Gasteiger charge is 2.23. The van der Waals surface area contributed by atoms with Crippen molar-refractivity contribution in [1.82, 2.24) is 0 Å². The Balaban J connectivity index is 2.19. The number of hydrogen-bond acceptors (Lipinski definition) is 5. The second kappa shape index (κ2) is 7.74. The van der Waals surface area contributed by atoms with Crippen LogP contribution in [-0.2, 0) is 14.2 Å². The monoisotopic (exact) mass is 308 g/mol. The van der Waals surface area contributed by atoms with Crippen LogP contribution >= 0.6 is 0 Å². The zero-order valence-corrected chi connectivity index (χ0v) is 13.1. The van der Waals surface area contributed by atoms with Gasteiger partial charge in [-0.25, -0.2) is 0 Å². The quantitative estimate of drug-likeness (QED) is 0.618. The van der Waals surface area contributed by atoms with Crippen LogP contribution in [0.5, 0.6) is 0 Å².